The second-order valence-electron chi connectivity index (χ2n) is 3.20. The summed E-state index contributed by atoms with van der Waals surface area (Å²) in [4.78, 5) is 11.4. The quantitative estimate of drug-likeness (QED) is 0.822. The summed E-state index contributed by atoms with van der Waals surface area (Å²) >= 11 is 0. The summed E-state index contributed by atoms with van der Waals surface area (Å²) in [5, 5.41) is 13.5. The molecular weight excluding hydrogens is 209 g/mol. The molecular formula is C11H12FN3O. The van der Waals surface area contributed by atoms with Crippen LogP contribution in [-0.4, -0.2) is 12.1 Å². The minimum absolute atomic E-state index is 0.352. The number of hydrogen-bond donors (Lipinski definition) is 2. The maximum Gasteiger partial charge on any atom is 0.320 e. The van der Waals surface area contributed by atoms with Crippen LogP contribution in [0.3, 0.4) is 0 Å². The van der Waals surface area contributed by atoms with E-state index in [2.05, 4.69) is 10.6 Å². The lowest BCUT2D eigenvalue weighted by molar-refractivity contribution is 0.250. The molecule has 0 bridgehead atoms. The average molecular weight is 221 g/mol. The molecule has 1 aromatic carbocycles. The van der Waals surface area contributed by atoms with E-state index in [1.165, 1.54) is 18.2 Å². The first-order chi connectivity index (χ1) is 7.65. The fourth-order valence-corrected chi connectivity index (χ4v) is 1.12. The van der Waals surface area contributed by atoms with Gasteiger partial charge in [-0.2, -0.15) is 5.26 Å². The molecule has 0 aliphatic carbocycles. The highest BCUT2D eigenvalue weighted by molar-refractivity contribution is 5.89. The zero-order valence-corrected chi connectivity index (χ0v) is 8.83. The molecule has 5 heteroatoms. The van der Waals surface area contributed by atoms with Crippen LogP contribution in [0.2, 0.25) is 0 Å². The summed E-state index contributed by atoms with van der Waals surface area (Å²) in [5.74, 6) is -0.426. The van der Waals surface area contributed by atoms with Gasteiger partial charge in [0, 0.05) is 5.69 Å². The average Bonchev–Trinajstić information content (AvgIpc) is 2.26. The van der Waals surface area contributed by atoms with E-state index in [9.17, 15) is 9.18 Å². The Morgan fingerprint density at radius 1 is 1.62 bits per heavy atom. The van der Waals surface area contributed by atoms with Crippen molar-refractivity contribution < 1.29 is 9.18 Å². The van der Waals surface area contributed by atoms with Crippen molar-refractivity contribution in [1.29, 1.82) is 5.26 Å². The van der Waals surface area contributed by atoms with E-state index in [1.807, 2.05) is 6.07 Å². The highest BCUT2D eigenvalue weighted by atomic mass is 19.1. The van der Waals surface area contributed by atoms with E-state index in [1.54, 1.807) is 13.0 Å². The largest absolute Gasteiger partial charge is 0.322 e. The Labute approximate surface area is 93.1 Å². The molecule has 1 unspecified atom stereocenters. The van der Waals surface area contributed by atoms with Crippen molar-refractivity contribution in [1.82, 2.24) is 5.32 Å². The number of benzene rings is 1. The molecule has 0 fully saturated rings. The predicted octanol–water partition coefficient (Wildman–Crippen LogP) is 2.25. The zero-order chi connectivity index (χ0) is 12.0. The fourth-order valence-electron chi connectivity index (χ4n) is 1.12. The number of amides is 2. The summed E-state index contributed by atoms with van der Waals surface area (Å²) in [6.45, 7) is 1.79. The third kappa shape index (κ3) is 3.58. The molecule has 0 heterocycles. The number of rotatable bonds is 3. The highest BCUT2D eigenvalue weighted by Crippen LogP contribution is 2.08. The molecule has 1 atom stereocenters. The molecule has 0 aromatic heterocycles. The van der Waals surface area contributed by atoms with E-state index in [-0.39, 0.29) is 0 Å². The highest BCUT2D eigenvalue weighted by Gasteiger charge is 2.08. The van der Waals surface area contributed by atoms with Crippen molar-refractivity contribution in [2.75, 3.05) is 5.32 Å². The summed E-state index contributed by atoms with van der Waals surface area (Å²) in [7, 11) is 0. The van der Waals surface area contributed by atoms with Crippen LogP contribution in [0.15, 0.2) is 24.3 Å². The second kappa shape index (κ2) is 5.71. The molecule has 2 N–H and O–H groups in total. The number of urea groups is 1. The molecule has 16 heavy (non-hydrogen) atoms. The van der Waals surface area contributed by atoms with Crippen LogP contribution in [0.25, 0.3) is 0 Å². The van der Waals surface area contributed by atoms with Gasteiger partial charge in [0.2, 0.25) is 0 Å². The number of nitriles is 1. The minimum Gasteiger partial charge on any atom is -0.322 e. The molecule has 0 aliphatic heterocycles. The van der Waals surface area contributed by atoms with Crippen LogP contribution in [0.5, 0.6) is 0 Å². The molecule has 1 aromatic rings. The Balaban J connectivity index is 2.55. The first kappa shape index (κ1) is 12.0. The minimum atomic E-state index is -0.534. The summed E-state index contributed by atoms with van der Waals surface area (Å²) in [5.41, 5.74) is 0.352. The maximum absolute atomic E-state index is 12.8. The Morgan fingerprint density at radius 3 is 2.94 bits per heavy atom. The maximum atomic E-state index is 12.8. The van der Waals surface area contributed by atoms with Crippen molar-refractivity contribution in [3.8, 4) is 6.07 Å². The first-order valence-corrected chi connectivity index (χ1v) is 4.88. The van der Waals surface area contributed by atoms with E-state index >= 15 is 0 Å². The summed E-state index contributed by atoms with van der Waals surface area (Å²) in [6, 6.07) is 6.43. The van der Waals surface area contributed by atoms with Gasteiger partial charge in [0.15, 0.2) is 0 Å². The second-order valence-corrected chi connectivity index (χ2v) is 3.20. The lowest BCUT2D eigenvalue weighted by Gasteiger charge is -2.10. The predicted molar refractivity (Wildman–Crippen MR) is 58.2 cm³/mol. The number of nitrogens with one attached hydrogen (secondary N) is 2. The Bertz CT molecular complexity index is 414. The summed E-state index contributed by atoms with van der Waals surface area (Å²) < 4.78 is 12.8. The third-order valence-corrected chi connectivity index (χ3v) is 1.95. The van der Waals surface area contributed by atoms with Crippen LogP contribution >= 0.6 is 0 Å². The number of carbonyl (C=O) groups excluding carboxylic acids is 1. The van der Waals surface area contributed by atoms with Gasteiger partial charge in [-0.15, -0.1) is 0 Å². The van der Waals surface area contributed by atoms with Crippen molar-refractivity contribution in [3.63, 3.8) is 0 Å². The zero-order valence-electron chi connectivity index (χ0n) is 8.83. The number of anilines is 1. The topological polar surface area (TPSA) is 64.9 Å². The molecule has 0 saturated carbocycles. The van der Waals surface area contributed by atoms with Gasteiger partial charge in [0.25, 0.3) is 0 Å². The molecule has 2 amide bonds. The Morgan fingerprint density at radius 2 is 2.38 bits per heavy atom. The van der Waals surface area contributed by atoms with Gasteiger partial charge in [0.05, 0.1) is 6.07 Å². The first-order valence-electron chi connectivity index (χ1n) is 4.88. The smallest absolute Gasteiger partial charge is 0.320 e. The Kier molecular flexibility index (Phi) is 4.28. The van der Waals surface area contributed by atoms with Crippen LogP contribution < -0.4 is 10.6 Å². The molecule has 0 spiro atoms. The van der Waals surface area contributed by atoms with E-state index < -0.39 is 17.9 Å². The standard InChI is InChI=1S/C11H12FN3O/c1-2-9(7-13)14-11(16)15-10-5-3-4-8(12)6-10/h3-6,9H,2H2,1H3,(H2,14,15,16). The van der Waals surface area contributed by atoms with Crippen molar-refractivity contribution in [2.24, 2.45) is 0 Å². The van der Waals surface area contributed by atoms with Gasteiger partial charge in [-0.3, -0.25) is 0 Å². The van der Waals surface area contributed by atoms with Crippen molar-refractivity contribution in [3.05, 3.63) is 30.1 Å². The normalized spacial score (nSPS) is 11.3. The van der Waals surface area contributed by atoms with E-state index in [0.717, 1.165) is 0 Å². The van der Waals surface area contributed by atoms with Gasteiger partial charge < -0.3 is 10.6 Å². The number of hydrogen-bond acceptors (Lipinski definition) is 2. The lowest BCUT2D eigenvalue weighted by Crippen LogP contribution is -2.36. The molecule has 0 radical (unpaired) electrons. The van der Waals surface area contributed by atoms with Gasteiger partial charge in [-0.05, 0) is 24.6 Å². The third-order valence-electron chi connectivity index (χ3n) is 1.95. The van der Waals surface area contributed by atoms with E-state index in [0.29, 0.717) is 12.1 Å². The van der Waals surface area contributed by atoms with Gasteiger partial charge in [0.1, 0.15) is 11.9 Å². The molecule has 0 saturated heterocycles. The van der Waals surface area contributed by atoms with Crippen LogP contribution in [-0.2, 0) is 0 Å². The monoisotopic (exact) mass is 221 g/mol. The molecule has 0 aliphatic rings. The van der Waals surface area contributed by atoms with Crippen LogP contribution in [0.1, 0.15) is 13.3 Å². The number of carbonyl (C=O) groups is 1. The van der Waals surface area contributed by atoms with Gasteiger partial charge in [-0.1, -0.05) is 13.0 Å². The molecule has 1 rings (SSSR count). The SMILES string of the molecule is CCC(C#N)NC(=O)Nc1cccc(F)c1. The van der Waals surface area contributed by atoms with Crippen molar-refractivity contribution >= 4 is 11.7 Å². The number of nitrogens with zero attached hydrogens (tertiary/aromatic N) is 1. The van der Waals surface area contributed by atoms with Gasteiger partial charge >= 0.3 is 6.03 Å². The Hall–Kier alpha value is -2.09. The molecule has 84 valence electrons. The summed E-state index contributed by atoms with van der Waals surface area (Å²) in [6.07, 6.45) is 0.521. The van der Waals surface area contributed by atoms with E-state index in [4.69, 9.17) is 5.26 Å². The van der Waals surface area contributed by atoms with Crippen molar-refractivity contribution in [2.45, 2.75) is 19.4 Å². The number of halogens is 1. The lowest BCUT2D eigenvalue weighted by atomic mass is 10.2. The van der Waals surface area contributed by atoms with Gasteiger partial charge in [-0.25, -0.2) is 9.18 Å². The molecule has 4 nitrogen and oxygen atoms in total. The van der Waals surface area contributed by atoms with Crippen LogP contribution in [0, 0.1) is 17.1 Å². The van der Waals surface area contributed by atoms with Crippen LogP contribution in [0.4, 0.5) is 14.9 Å². The fraction of sp³-hybridized carbons (Fsp3) is 0.273.